The normalized spacial score (nSPS) is 38.8. The predicted octanol–water partition coefficient (Wildman–Crippen LogP) is 8.19. The van der Waals surface area contributed by atoms with Gasteiger partial charge in [0.15, 0.2) is 0 Å². The van der Waals surface area contributed by atoms with Gasteiger partial charge in [0.2, 0.25) is 0 Å². The topological polar surface area (TPSA) is 63.6 Å². The fraction of sp³-hybridized carbons (Fsp3) is 0.875. The van der Waals surface area contributed by atoms with E-state index in [4.69, 9.17) is 9.84 Å². The molecule has 0 bridgehead atoms. The Morgan fingerprint density at radius 2 is 1.81 bits per heavy atom. The third-order valence-corrected chi connectivity index (χ3v) is 11.3. The maximum atomic E-state index is 12.2. The quantitative estimate of drug-likeness (QED) is 0.256. The number of carbonyl (C=O) groups excluding carboxylic acids is 1. The molecule has 4 aliphatic rings. The number of ether oxygens (including phenoxy) is 1. The monoisotopic (exact) mass is 500 g/mol. The Morgan fingerprint density at radius 3 is 2.53 bits per heavy atom. The molecule has 8 atom stereocenters. The Hall–Kier alpha value is -1.32. The lowest BCUT2D eigenvalue weighted by molar-refractivity contribution is -0.154. The number of rotatable bonds is 9. The minimum Gasteiger partial charge on any atom is -0.481 e. The zero-order valence-electron chi connectivity index (χ0n) is 23.7. The zero-order chi connectivity index (χ0) is 26.1. The average molecular weight is 501 g/mol. The molecule has 0 radical (unpaired) electrons. The molecule has 0 heterocycles. The van der Waals surface area contributed by atoms with E-state index < -0.39 is 5.97 Å². The van der Waals surface area contributed by atoms with Crippen LogP contribution in [-0.4, -0.2) is 23.1 Å². The number of aliphatic carboxylic acids is 1. The summed E-state index contributed by atoms with van der Waals surface area (Å²) in [7, 11) is 0. The first-order valence-corrected chi connectivity index (χ1v) is 15.2. The lowest BCUT2D eigenvalue weighted by Crippen LogP contribution is -2.54. The summed E-state index contributed by atoms with van der Waals surface area (Å²) in [5.74, 6) is 3.64. The van der Waals surface area contributed by atoms with E-state index in [9.17, 15) is 9.59 Å². The molecule has 4 rings (SSSR count). The molecular weight excluding hydrogens is 448 g/mol. The van der Waals surface area contributed by atoms with E-state index in [1.165, 1.54) is 63.4 Å². The Morgan fingerprint density at radius 1 is 1.03 bits per heavy atom. The third kappa shape index (κ3) is 5.58. The van der Waals surface area contributed by atoms with E-state index in [-0.39, 0.29) is 30.3 Å². The summed E-state index contributed by atoms with van der Waals surface area (Å²) in [4.78, 5) is 23.0. The highest BCUT2D eigenvalue weighted by atomic mass is 16.5. The molecule has 4 aliphatic carbocycles. The third-order valence-electron chi connectivity index (χ3n) is 11.3. The highest BCUT2D eigenvalue weighted by molar-refractivity contribution is 5.76. The van der Waals surface area contributed by atoms with Gasteiger partial charge in [-0.2, -0.15) is 0 Å². The minimum absolute atomic E-state index is 0.0236. The van der Waals surface area contributed by atoms with Gasteiger partial charge in [0.25, 0.3) is 0 Å². The van der Waals surface area contributed by atoms with Crippen molar-refractivity contribution in [3.8, 4) is 0 Å². The van der Waals surface area contributed by atoms with Crippen molar-refractivity contribution in [2.75, 3.05) is 0 Å². The van der Waals surface area contributed by atoms with Gasteiger partial charge in [-0.25, -0.2) is 0 Å². The molecule has 36 heavy (non-hydrogen) atoms. The summed E-state index contributed by atoms with van der Waals surface area (Å²) in [5.41, 5.74) is 2.25. The zero-order valence-corrected chi connectivity index (χ0v) is 23.7. The second-order valence-corrected chi connectivity index (χ2v) is 13.9. The molecule has 0 amide bonds. The molecule has 3 saturated carbocycles. The van der Waals surface area contributed by atoms with Gasteiger partial charge in [-0.05, 0) is 91.3 Å². The SMILES string of the molecule is CC(C)CCCC(C)[C@H]1CCC[C@H]2C3CC=C4C[C@@H](OC(=O)CCC(=O)O)CCC4(C)[C@H]3CCC12C. The molecule has 3 fully saturated rings. The maximum absolute atomic E-state index is 12.2. The van der Waals surface area contributed by atoms with Crippen molar-refractivity contribution in [1.29, 1.82) is 0 Å². The van der Waals surface area contributed by atoms with Gasteiger partial charge in [0, 0.05) is 6.42 Å². The van der Waals surface area contributed by atoms with Crippen molar-refractivity contribution < 1.29 is 19.4 Å². The van der Waals surface area contributed by atoms with Crippen LogP contribution >= 0.6 is 0 Å². The molecular formula is C32H52O4. The molecule has 0 aliphatic heterocycles. The lowest BCUT2D eigenvalue weighted by Gasteiger charge is -2.62. The average Bonchev–Trinajstić information content (AvgIpc) is 2.81. The second kappa shape index (κ2) is 11.2. The van der Waals surface area contributed by atoms with Gasteiger partial charge in [-0.3, -0.25) is 9.59 Å². The molecule has 0 aromatic carbocycles. The van der Waals surface area contributed by atoms with Gasteiger partial charge < -0.3 is 9.84 Å². The summed E-state index contributed by atoms with van der Waals surface area (Å²) in [6.07, 6.45) is 17.5. The van der Waals surface area contributed by atoms with Crippen LogP contribution in [0.15, 0.2) is 11.6 Å². The van der Waals surface area contributed by atoms with Crippen LogP contribution < -0.4 is 0 Å². The summed E-state index contributed by atoms with van der Waals surface area (Å²) in [6.45, 7) is 12.4. The number of carboxylic acids is 1. The number of carbonyl (C=O) groups is 2. The molecule has 204 valence electrons. The fourth-order valence-corrected chi connectivity index (χ4v) is 9.41. The molecule has 0 spiro atoms. The van der Waals surface area contributed by atoms with Gasteiger partial charge in [-0.15, -0.1) is 0 Å². The number of allylic oxidation sites excluding steroid dienone is 1. The molecule has 0 saturated heterocycles. The summed E-state index contributed by atoms with van der Waals surface area (Å²) in [6, 6.07) is 0. The van der Waals surface area contributed by atoms with Crippen LogP contribution in [-0.2, 0) is 14.3 Å². The molecule has 0 aromatic rings. The summed E-state index contributed by atoms with van der Waals surface area (Å²) < 4.78 is 5.72. The highest BCUT2D eigenvalue weighted by Gasteiger charge is 2.57. The van der Waals surface area contributed by atoms with Crippen LogP contribution in [0.3, 0.4) is 0 Å². The van der Waals surface area contributed by atoms with E-state index in [2.05, 4.69) is 40.7 Å². The summed E-state index contributed by atoms with van der Waals surface area (Å²) >= 11 is 0. The Labute approximate surface area is 220 Å². The first kappa shape index (κ1) is 27.7. The number of carboxylic acid groups (broad SMARTS) is 1. The Bertz CT molecular complexity index is 830. The molecule has 4 nitrogen and oxygen atoms in total. The minimum atomic E-state index is -0.941. The van der Waals surface area contributed by atoms with Crippen LogP contribution in [0.25, 0.3) is 0 Å². The van der Waals surface area contributed by atoms with Gasteiger partial charge in [-0.1, -0.05) is 72.0 Å². The predicted molar refractivity (Wildman–Crippen MR) is 144 cm³/mol. The van der Waals surface area contributed by atoms with Crippen molar-refractivity contribution in [3.05, 3.63) is 11.6 Å². The molecule has 0 aromatic heterocycles. The van der Waals surface area contributed by atoms with E-state index in [0.29, 0.717) is 5.41 Å². The summed E-state index contributed by atoms with van der Waals surface area (Å²) in [5, 5.41) is 8.85. The van der Waals surface area contributed by atoms with E-state index >= 15 is 0 Å². The van der Waals surface area contributed by atoms with Crippen molar-refractivity contribution >= 4 is 11.9 Å². The smallest absolute Gasteiger partial charge is 0.306 e. The van der Waals surface area contributed by atoms with E-state index in [1.54, 1.807) is 0 Å². The van der Waals surface area contributed by atoms with Crippen molar-refractivity contribution in [3.63, 3.8) is 0 Å². The number of fused-ring (bicyclic) bond motifs is 5. The molecule has 4 unspecified atom stereocenters. The van der Waals surface area contributed by atoms with Gasteiger partial charge in [0.05, 0.1) is 12.8 Å². The van der Waals surface area contributed by atoms with Crippen LogP contribution in [0.2, 0.25) is 0 Å². The van der Waals surface area contributed by atoms with Crippen LogP contribution in [0.4, 0.5) is 0 Å². The van der Waals surface area contributed by atoms with Crippen molar-refractivity contribution in [1.82, 2.24) is 0 Å². The molecule has 4 heteroatoms. The second-order valence-electron chi connectivity index (χ2n) is 13.9. The van der Waals surface area contributed by atoms with Gasteiger partial charge in [0.1, 0.15) is 6.10 Å². The van der Waals surface area contributed by atoms with Crippen LogP contribution in [0.1, 0.15) is 125 Å². The van der Waals surface area contributed by atoms with Crippen LogP contribution in [0.5, 0.6) is 0 Å². The largest absolute Gasteiger partial charge is 0.481 e. The number of hydrogen-bond acceptors (Lipinski definition) is 3. The Kier molecular flexibility index (Phi) is 8.62. The fourth-order valence-electron chi connectivity index (χ4n) is 9.41. The lowest BCUT2D eigenvalue weighted by atomic mass is 9.42. The first-order valence-electron chi connectivity index (χ1n) is 15.2. The van der Waals surface area contributed by atoms with E-state index in [1.807, 2.05) is 0 Å². The van der Waals surface area contributed by atoms with Gasteiger partial charge >= 0.3 is 11.9 Å². The van der Waals surface area contributed by atoms with Crippen LogP contribution in [0, 0.1) is 46.3 Å². The number of esters is 1. The maximum Gasteiger partial charge on any atom is 0.306 e. The molecule has 1 N–H and O–H groups in total. The first-order chi connectivity index (χ1) is 17.0. The Balaban J connectivity index is 1.43. The standard InChI is InChI=1S/C32H52O4/c1-21(2)8-6-9-22(3)26-10-7-11-27-25-13-12-23-20-24(36-30(35)15-14-29(33)34)16-18-31(23,4)28(25)17-19-32(26,27)5/h12,21-22,24-28H,6-11,13-20H2,1-5H3,(H,33,34)/t22?,24-,25?,26+,27-,28-,31?,32?/m0/s1. The van der Waals surface area contributed by atoms with Crippen molar-refractivity contribution in [2.45, 2.75) is 131 Å². The highest BCUT2D eigenvalue weighted by Crippen LogP contribution is 2.66. The van der Waals surface area contributed by atoms with Crippen molar-refractivity contribution in [2.24, 2.45) is 46.3 Å². The van der Waals surface area contributed by atoms with E-state index in [0.717, 1.165) is 54.8 Å². The number of hydrogen-bond donors (Lipinski definition) is 1.